The number of aromatic nitrogens is 2. The normalized spacial score (nSPS) is 10.7. The van der Waals surface area contributed by atoms with E-state index in [2.05, 4.69) is 27.7 Å². The molecule has 15 heavy (non-hydrogen) atoms. The molecule has 3 heterocycles. The Morgan fingerprint density at radius 2 is 1.93 bits per heavy atom. The molecule has 0 spiro atoms. The molecule has 3 rings (SSSR count). The van der Waals surface area contributed by atoms with Gasteiger partial charge in [0.2, 0.25) is 0 Å². The van der Waals surface area contributed by atoms with Crippen LogP contribution >= 0.6 is 0 Å². The highest BCUT2D eigenvalue weighted by Crippen LogP contribution is 2.19. The lowest BCUT2D eigenvalue weighted by atomic mass is 10.2. The van der Waals surface area contributed by atoms with Gasteiger partial charge < -0.3 is 4.40 Å². The molecule has 2 heteroatoms. The standard InChI is InChI=1S/C13H10N2/c1-3-7-14-13(6-1)11-9-12-5-2-4-8-15(12)10-11/h1-10H. The zero-order chi connectivity index (χ0) is 10.1. The van der Waals surface area contributed by atoms with E-state index in [1.807, 2.05) is 42.7 Å². The molecule has 2 nitrogen and oxygen atoms in total. The van der Waals surface area contributed by atoms with Crippen LogP contribution in [0.2, 0.25) is 0 Å². The molecular formula is C13H10N2. The molecule has 0 atom stereocenters. The van der Waals surface area contributed by atoms with Crippen LogP contribution < -0.4 is 0 Å². The smallest absolute Gasteiger partial charge is 0.0717 e. The van der Waals surface area contributed by atoms with Gasteiger partial charge in [-0.1, -0.05) is 12.1 Å². The minimum absolute atomic E-state index is 1.02. The molecule has 0 saturated heterocycles. The van der Waals surface area contributed by atoms with Crippen molar-refractivity contribution >= 4 is 5.52 Å². The second-order valence-corrected chi connectivity index (χ2v) is 3.48. The zero-order valence-electron chi connectivity index (χ0n) is 8.17. The molecule has 0 aromatic carbocycles. The molecule has 0 unspecified atom stereocenters. The summed E-state index contributed by atoms with van der Waals surface area (Å²) in [6, 6.07) is 14.3. The van der Waals surface area contributed by atoms with Crippen molar-refractivity contribution in [3.05, 3.63) is 61.1 Å². The van der Waals surface area contributed by atoms with Gasteiger partial charge in [-0.3, -0.25) is 4.98 Å². The maximum atomic E-state index is 4.33. The third-order valence-electron chi connectivity index (χ3n) is 2.47. The Morgan fingerprint density at radius 3 is 2.73 bits per heavy atom. The van der Waals surface area contributed by atoms with Crippen LogP contribution in [0.4, 0.5) is 0 Å². The zero-order valence-corrected chi connectivity index (χ0v) is 8.17. The molecule has 3 aromatic rings. The number of fused-ring (bicyclic) bond motifs is 1. The fraction of sp³-hybridized carbons (Fsp3) is 0. The molecule has 0 fully saturated rings. The lowest BCUT2D eigenvalue weighted by Gasteiger charge is -1.93. The highest BCUT2D eigenvalue weighted by atomic mass is 14.9. The molecule has 3 aromatic heterocycles. The van der Waals surface area contributed by atoms with Crippen molar-refractivity contribution in [3.8, 4) is 11.3 Å². The van der Waals surface area contributed by atoms with Crippen LogP contribution in [0, 0.1) is 0 Å². The van der Waals surface area contributed by atoms with Crippen LogP contribution in [-0.4, -0.2) is 9.38 Å². The van der Waals surface area contributed by atoms with Gasteiger partial charge in [0.25, 0.3) is 0 Å². The third kappa shape index (κ3) is 1.40. The quantitative estimate of drug-likeness (QED) is 0.582. The predicted molar refractivity (Wildman–Crippen MR) is 60.6 cm³/mol. The Kier molecular flexibility index (Phi) is 1.78. The van der Waals surface area contributed by atoms with Crippen LogP contribution in [0.25, 0.3) is 16.8 Å². The van der Waals surface area contributed by atoms with E-state index in [0.29, 0.717) is 0 Å². The first-order valence-electron chi connectivity index (χ1n) is 4.92. The summed E-state index contributed by atoms with van der Waals surface area (Å²) in [4.78, 5) is 4.33. The van der Waals surface area contributed by atoms with E-state index in [9.17, 15) is 0 Å². The first kappa shape index (κ1) is 8.24. The van der Waals surface area contributed by atoms with E-state index in [-0.39, 0.29) is 0 Å². The summed E-state index contributed by atoms with van der Waals surface area (Å²) in [6.07, 6.45) is 5.96. The summed E-state index contributed by atoms with van der Waals surface area (Å²) in [5, 5.41) is 0. The molecule has 72 valence electrons. The van der Waals surface area contributed by atoms with Crippen molar-refractivity contribution in [1.82, 2.24) is 9.38 Å². The van der Waals surface area contributed by atoms with E-state index >= 15 is 0 Å². The summed E-state index contributed by atoms with van der Waals surface area (Å²) >= 11 is 0. The SMILES string of the molecule is c1ccc(-c2cc3ccccn3c2)nc1. The molecular weight excluding hydrogens is 184 g/mol. The molecule has 0 bridgehead atoms. The van der Waals surface area contributed by atoms with Crippen molar-refractivity contribution in [2.75, 3.05) is 0 Å². The van der Waals surface area contributed by atoms with E-state index in [1.54, 1.807) is 0 Å². The molecule has 0 saturated carbocycles. The predicted octanol–water partition coefficient (Wildman–Crippen LogP) is 3.00. The minimum atomic E-state index is 1.02. The Hall–Kier alpha value is -2.09. The molecule has 0 aliphatic heterocycles. The monoisotopic (exact) mass is 194 g/mol. The maximum absolute atomic E-state index is 4.33. The first-order valence-corrected chi connectivity index (χ1v) is 4.92. The summed E-state index contributed by atoms with van der Waals surface area (Å²) in [5.41, 5.74) is 3.36. The Bertz CT molecular complexity index is 549. The second-order valence-electron chi connectivity index (χ2n) is 3.48. The fourth-order valence-corrected chi connectivity index (χ4v) is 1.73. The van der Waals surface area contributed by atoms with Crippen molar-refractivity contribution in [2.24, 2.45) is 0 Å². The van der Waals surface area contributed by atoms with Crippen LogP contribution in [0.1, 0.15) is 0 Å². The summed E-state index contributed by atoms with van der Waals surface area (Å²) < 4.78 is 2.10. The van der Waals surface area contributed by atoms with Gasteiger partial charge in [0, 0.05) is 29.7 Å². The summed E-state index contributed by atoms with van der Waals surface area (Å²) in [7, 11) is 0. The van der Waals surface area contributed by atoms with Gasteiger partial charge in [-0.25, -0.2) is 0 Å². The number of hydrogen-bond acceptors (Lipinski definition) is 1. The van der Waals surface area contributed by atoms with Crippen molar-refractivity contribution < 1.29 is 0 Å². The van der Waals surface area contributed by atoms with E-state index in [4.69, 9.17) is 0 Å². The average molecular weight is 194 g/mol. The van der Waals surface area contributed by atoms with Crippen molar-refractivity contribution in [1.29, 1.82) is 0 Å². The van der Waals surface area contributed by atoms with E-state index in [0.717, 1.165) is 11.3 Å². The van der Waals surface area contributed by atoms with Gasteiger partial charge in [0.1, 0.15) is 0 Å². The number of hydrogen-bond donors (Lipinski definition) is 0. The highest BCUT2D eigenvalue weighted by molar-refractivity contribution is 5.67. The molecule has 0 radical (unpaired) electrons. The average Bonchev–Trinajstić information content (AvgIpc) is 2.74. The lowest BCUT2D eigenvalue weighted by molar-refractivity contribution is 1.20. The second kappa shape index (κ2) is 3.24. The first-order chi connectivity index (χ1) is 7.43. The molecule has 0 aliphatic carbocycles. The van der Waals surface area contributed by atoms with Crippen molar-refractivity contribution in [2.45, 2.75) is 0 Å². The van der Waals surface area contributed by atoms with Gasteiger partial charge >= 0.3 is 0 Å². The number of pyridine rings is 2. The van der Waals surface area contributed by atoms with Gasteiger partial charge in [0.05, 0.1) is 5.69 Å². The van der Waals surface area contributed by atoms with E-state index < -0.39 is 0 Å². The lowest BCUT2D eigenvalue weighted by Crippen LogP contribution is -1.78. The van der Waals surface area contributed by atoms with Crippen LogP contribution in [0.5, 0.6) is 0 Å². The van der Waals surface area contributed by atoms with E-state index in [1.165, 1.54) is 5.52 Å². The van der Waals surface area contributed by atoms with Gasteiger partial charge in [-0.15, -0.1) is 0 Å². The fourth-order valence-electron chi connectivity index (χ4n) is 1.73. The van der Waals surface area contributed by atoms with Crippen molar-refractivity contribution in [3.63, 3.8) is 0 Å². The summed E-state index contributed by atoms with van der Waals surface area (Å²) in [6.45, 7) is 0. The summed E-state index contributed by atoms with van der Waals surface area (Å²) in [5.74, 6) is 0. The van der Waals surface area contributed by atoms with Crippen LogP contribution in [0.3, 0.4) is 0 Å². The maximum Gasteiger partial charge on any atom is 0.0717 e. The number of nitrogens with zero attached hydrogens (tertiary/aromatic N) is 2. The largest absolute Gasteiger partial charge is 0.323 e. The number of rotatable bonds is 1. The Labute approximate surface area is 87.8 Å². The topological polar surface area (TPSA) is 17.3 Å². The third-order valence-corrected chi connectivity index (χ3v) is 2.47. The molecule has 0 N–H and O–H groups in total. The highest BCUT2D eigenvalue weighted by Gasteiger charge is 2.01. The Morgan fingerprint density at radius 1 is 1.00 bits per heavy atom. The Balaban J connectivity index is 2.21. The minimum Gasteiger partial charge on any atom is -0.323 e. The van der Waals surface area contributed by atoms with Gasteiger partial charge in [-0.2, -0.15) is 0 Å². The van der Waals surface area contributed by atoms with Crippen LogP contribution in [-0.2, 0) is 0 Å². The van der Waals surface area contributed by atoms with Gasteiger partial charge in [0.15, 0.2) is 0 Å². The molecule has 0 aliphatic rings. The van der Waals surface area contributed by atoms with Gasteiger partial charge in [-0.05, 0) is 30.3 Å². The molecule has 0 amide bonds. The van der Waals surface area contributed by atoms with Crippen LogP contribution in [0.15, 0.2) is 61.1 Å².